The zero-order valence-corrected chi connectivity index (χ0v) is 17.0. The average Bonchev–Trinajstić information content (AvgIpc) is 2.76. The summed E-state index contributed by atoms with van der Waals surface area (Å²) >= 11 is 11.9. The number of anilines is 1. The van der Waals surface area contributed by atoms with Crippen LogP contribution in [0.1, 0.15) is 5.56 Å². The van der Waals surface area contributed by atoms with Crippen molar-refractivity contribution in [2.75, 3.05) is 5.32 Å². The standard InChI is InChI=1S/C23H15Cl2N3O2/c24-19-10-5-11-20(21(19)25)27-22(29)23(30)28-26-13-18-16-8-3-1-6-14(16)12-15-7-2-4-9-17(15)18/h1-13H,(H,27,29)(H,28,30). The summed E-state index contributed by atoms with van der Waals surface area (Å²) in [6.45, 7) is 0. The molecule has 0 radical (unpaired) electrons. The Hall–Kier alpha value is -3.41. The topological polar surface area (TPSA) is 70.6 Å². The van der Waals surface area contributed by atoms with E-state index < -0.39 is 11.8 Å². The van der Waals surface area contributed by atoms with Crippen LogP contribution in [-0.2, 0) is 9.59 Å². The van der Waals surface area contributed by atoms with Crippen molar-refractivity contribution in [3.63, 3.8) is 0 Å². The smallest absolute Gasteiger partial charge is 0.316 e. The molecule has 0 saturated heterocycles. The molecule has 4 aromatic carbocycles. The molecule has 5 nitrogen and oxygen atoms in total. The van der Waals surface area contributed by atoms with Crippen molar-refractivity contribution >= 4 is 68.5 Å². The van der Waals surface area contributed by atoms with Gasteiger partial charge in [-0.2, -0.15) is 5.10 Å². The largest absolute Gasteiger partial charge is 0.329 e. The summed E-state index contributed by atoms with van der Waals surface area (Å²) in [6, 6.07) is 22.6. The van der Waals surface area contributed by atoms with Crippen LogP contribution in [0.15, 0.2) is 77.9 Å². The van der Waals surface area contributed by atoms with E-state index in [1.165, 1.54) is 0 Å². The second-order valence-corrected chi connectivity index (χ2v) is 7.27. The molecule has 30 heavy (non-hydrogen) atoms. The fourth-order valence-corrected chi connectivity index (χ4v) is 3.52. The number of nitrogens with one attached hydrogen (secondary N) is 2. The third-order valence-corrected chi connectivity index (χ3v) is 5.40. The molecule has 0 heterocycles. The van der Waals surface area contributed by atoms with Crippen LogP contribution in [0, 0.1) is 0 Å². The minimum Gasteiger partial charge on any atom is -0.316 e. The maximum Gasteiger partial charge on any atom is 0.329 e. The van der Waals surface area contributed by atoms with Crippen molar-refractivity contribution in [1.82, 2.24) is 5.43 Å². The Bertz CT molecular complexity index is 1260. The van der Waals surface area contributed by atoms with Gasteiger partial charge >= 0.3 is 11.8 Å². The molecule has 0 fully saturated rings. The first-order valence-electron chi connectivity index (χ1n) is 9.03. The number of carbonyl (C=O) groups is 2. The molecule has 0 saturated carbocycles. The highest BCUT2D eigenvalue weighted by Gasteiger charge is 2.15. The summed E-state index contributed by atoms with van der Waals surface area (Å²) in [7, 11) is 0. The minimum absolute atomic E-state index is 0.158. The molecular weight excluding hydrogens is 421 g/mol. The first-order valence-corrected chi connectivity index (χ1v) is 9.79. The molecule has 0 unspecified atom stereocenters. The van der Waals surface area contributed by atoms with Gasteiger partial charge < -0.3 is 5.32 Å². The molecule has 7 heteroatoms. The number of rotatable bonds is 3. The summed E-state index contributed by atoms with van der Waals surface area (Å²) in [5.41, 5.74) is 3.35. The summed E-state index contributed by atoms with van der Waals surface area (Å²) in [4.78, 5) is 24.3. The van der Waals surface area contributed by atoms with Gasteiger partial charge in [0.05, 0.1) is 21.9 Å². The SMILES string of the molecule is O=C(NN=Cc1c2ccccc2cc2ccccc12)C(=O)Nc1cccc(Cl)c1Cl. The second-order valence-electron chi connectivity index (χ2n) is 6.49. The second kappa shape index (κ2) is 8.53. The van der Waals surface area contributed by atoms with Gasteiger partial charge in [0.1, 0.15) is 0 Å². The van der Waals surface area contributed by atoms with E-state index in [-0.39, 0.29) is 15.7 Å². The van der Waals surface area contributed by atoms with Crippen LogP contribution in [0.4, 0.5) is 5.69 Å². The summed E-state index contributed by atoms with van der Waals surface area (Å²) < 4.78 is 0. The van der Waals surface area contributed by atoms with Crippen LogP contribution in [-0.4, -0.2) is 18.0 Å². The lowest BCUT2D eigenvalue weighted by atomic mass is 9.97. The monoisotopic (exact) mass is 435 g/mol. The van der Waals surface area contributed by atoms with Crippen molar-refractivity contribution in [2.24, 2.45) is 5.10 Å². The molecule has 0 aliphatic carbocycles. The van der Waals surface area contributed by atoms with E-state index >= 15 is 0 Å². The minimum atomic E-state index is -0.924. The van der Waals surface area contributed by atoms with Crippen LogP contribution in [0.25, 0.3) is 21.5 Å². The molecule has 0 aliphatic rings. The molecule has 4 rings (SSSR count). The number of hydrogen-bond acceptors (Lipinski definition) is 3. The number of nitrogens with zero attached hydrogens (tertiary/aromatic N) is 1. The lowest BCUT2D eigenvalue weighted by molar-refractivity contribution is -0.136. The normalized spacial score (nSPS) is 11.1. The van der Waals surface area contributed by atoms with Crippen LogP contribution >= 0.6 is 23.2 Å². The zero-order valence-electron chi connectivity index (χ0n) is 15.5. The number of hydrazone groups is 1. The van der Waals surface area contributed by atoms with Crippen LogP contribution in [0.3, 0.4) is 0 Å². The molecule has 0 bridgehead atoms. The number of benzene rings is 4. The van der Waals surface area contributed by atoms with Gasteiger partial charge in [-0.05, 0) is 39.7 Å². The third kappa shape index (κ3) is 3.99. The average molecular weight is 436 g/mol. The van der Waals surface area contributed by atoms with E-state index in [0.29, 0.717) is 0 Å². The highest BCUT2D eigenvalue weighted by atomic mass is 35.5. The molecule has 148 valence electrons. The molecule has 4 aromatic rings. The molecule has 0 aromatic heterocycles. The van der Waals surface area contributed by atoms with E-state index in [0.717, 1.165) is 27.1 Å². The molecule has 2 amide bonds. The Morgan fingerprint density at radius 2 is 1.43 bits per heavy atom. The predicted molar refractivity (Wildman–Crippen MR) is 122 cm³/mol. The highest BCUT2D eigenvalue weighted by molar-refractivity contribution is 6.45. The Labute approximate surface area is 182 Å². The van der Waals surface area contributed by atoms with Crippen LogP contribution < -0.4 is 10.7 Å². The van der Waals surface area contributed by atoms with Crippen molar-refractivity contribution in [1.29, 1.82) is 0 Å². The first kappa shape index (κ1) is 19.9. The van der Waals surface area contributed by atoms with Crippen LogP contribution in [0.2, 0.25) is 10.0 Å². The lowest BCUT2D eigenvalue weighted by Gasteiger charge is -2.08. The fourth-order valence-electron chi connectivity index (χ4n) is 3.17. The number of fused-ring (bicyclic) bond motifs is 2. The van der Waals surface area contributed by atoms with Crippen molar-refractivity contribution < 1.29 is 9.59 Å². The zero-order chi connectivity index (χ0) is 21.1. The number of carbonyl (C=O) groups excluding carboxylic acids is 2. The Balaban J connectivity index is 1.56. The summed E-state index contributed by atoms with van der Waals surface area (Å²) in [5, 5.41) is 10.9. The van der Waals surface area contributed by atoms with E-state index in [4.69, 9.17) is 23.2 Å². The van der Waals surface area contributed by atoms with Gasteiger partial charge in [-0.1, -0.05) is 77.8 Å². The van der Waals surface area contributed by atoms with Gasteiger partial charge in [-0.3, -0.25) is 9.59 Å². The fraction of sp³-hybridized carbons (Fsp3) is 0. The van der Waals surface area contributed by atoms with E-state index in [9.17, 15) is 9.59 Å². The van der Waals surface area contributed by atoms with Gasteiger partial charge in [-0.15, -0.1) is 0 Å². The van der Waals surface area contributed by atoms with Crippen molar-refractivity contribution in [2.45, 2.75) is 0 Å². The summed E-state index contributed by atoms with van der Waals surface area (Å²) in [5.74, 6) is -1.83. The van der Waals surface area contributed by atoms with Gasteiger partial charge in [0.2, 0.25) is 0 Å². The van der Waals surface area contributed by atoms with Gasteiger partial charge in [-0.25, -0.2) is 5.43 Å². The molecular formula is C23H15Cl2N3O2. The predicted octanol–water partition coefficient (Wildman–Crippen LogP) is 5.39. The van der Waals surface area contributed by atoms with Gasteiger partial charge in [0, 0.05) is 5.56 Å². The van der Waals surface area contributed by atoms with E-state index in [2.05, 4.69) is 21.9 Å². The van der Waals surface area contributed by atoms with E-state index in [1.54, 1.807) is 24.4 Å². The molecule has 0 atom stereocenters. The van der Waals surface area contributed by atoms with Gasteiger partial charge in [0.25, 0.3) is 0 Å². The van der Waals surface area contributed by atoms with Crippen molar-refractivity contribution in [3.05, 3.63) is 88.4 Å². The first-order chi connectivity index (χ1) is 14.5. The highest BCUT2D eigenvalue weighted by Crippen LogP contribution is 2.29. The Morgan fingerprint density at radius 3 is 2.10 bits per heavy atom. The van der Waals surface area contributed by atoms with Crippen LogP contribution in [0.5, 0.6) is 0 Å². The number of hydrogen-bond donors (Lipinski definition) is 2. The lowest BCUT2D eigenvalue weighted by Crippen LogP contribution is -2.32. The third-order valence-electron chi connectivity index (χ3n) is 4.58. The van der Waals surface area contributed by atoms with Gasteiger partial charge in [0.15, 0.2) is 0 Å². The maximum atomic E-state index is 12.1. The Kier molecular flexibility index (Phi) is 5.65. The Morgan fingerprint density at radius 1 is 0.800 bits per heavy atom. The molecule has 2 N–H and O–H groups in total. The summed E-state index contributed by atoms with van der Waals surface area (Å²) in [6.07, 6.45) is 1.54. The molecule has 0 aliphatic heterocycles. The van der Waals surface area contributed by atoms with E-state index in [1.807, 2.05) is 48.5 Å². The number of halogens is 2. The maximum absolute atomic E-state index is 12.1. The molecule has 0 spiro atoms. The quantitative estimate of drug-likeness (QED) is 0.196. The number of amides is 2. The van der Waals surface area contributed by atoms with Crippen molar-refractivity contribution in [3.8, 4) is 0 Å².